The molecular weight excluding hydrogens is 250 g/mol. The summed E-state index contributed by atoms with van der Waals surface area (Å²) in [6.45, 7) is 5.41. The van der Waals surface area contributed by atoms with Gasteiger partial charge < -0.3 is 19.5 Å². The minimum Gasteiger partial charge on any atom is -0.464 e. The van der Waals surface area contributed by atoms with Crippen molar-refractivity contribution in [3.63, 3.8) is 0 Å². The Hall–Kier alpha value is -0.850. The van der Waals surface area contributed by atoms with Crippen molar-refractivity contribution in [3.05, 3.63) is 0 Å². The molecule has 0 aliphatic carbocycles. The summed E-state index contributed by atoms with van der Waals surface area (Å²) < 4.78 is 15.3. The van der Waals surface area contributed by atoms with Crippen molar-refractivity contribution >= 4 is 23.5 Å². The number of carbonyl (C=O) groups excluding carboxylic acids is 2. The number of amides is 1. The maximum atomic E-state index is 11.5. The van der Waals surface area contributed by atoms with Crippen LogP contribution in [0.2, 0.25) is 0 Å². The molecule has 1 heterocycles. The van der Waals surface area contributed by atoms with Gasteiger partial charge in [-0.25, -0.2) is 4.79 Å². The topological polar surface area (TPSA) is 73.9 Å². The highest BCUT2D eigenvalue weighted by atomic mass is 35.5. The van der Waals surface area contributed by atoms with E-state index in [9.17, 15) is 9.59 Å². The van der Waals surface area contributed by atoms with E-state index in [2.05, 4.69) is 5.32 Å². The van der Waals surface area contributed by atoms with E-state index in [0.717, 1.165) is 0 Å². The predicted molar refractivity (Wildman–Crippen MR) is 59.3 cm³/mol. The molecule has 0 aromatic carbocycles. The number of nitrogens with one attached hydrogen (secondary N) is 1. The van der Waals surface area contributed by atoms with Crippen molar-refractivity contribution < 1.29 is 23.8 Å². The third-order valence-corrected chi connectivity index (χ3v) is 2.39. The van der Waals surface area contributed by atoms with E-state index in [0.29, 0.717) is 0 Å². The minimum atomic E-state index is -1.14. The van der Waals surface area contributed by atoms with Gasteiger partial charge in [0.25, 0.3) is 0 Å². The first kappa shape index (κ1) is 14.2. The average molecular weight is 266 g/mol. The van der Waals surface area contributed by atoms with Crippen LogP contribution in [-0.2, 0) is 23.8 Å². The second-order valence-electron chi connectivity index (χ2n) is 3.74. The van der Waals surface area contributed by atoms with Crippen LogP contribution in [0.15, 0.2) is 0 Å². The molecule has 0 saturated carbocycles. The van der Waals surface area contributed by atoms with Crippen molar-refractivity contribution in [2.24, 2.45) is 0 Å². The lowest BCUT2D eigenvalue weighted by molar-refractivity contribution is -0.226. The zero-order valence-corrected chi connectivity index (χ0v) is 10.7. The number of hydrogen-bond donors (Lipinski definition) is 1. The fraction of sp³-hybridized carbons (Fsp3) is 0.800. The van der Waals surface area contributed by atoms with Crippen LogP contribution >= 0.6 is 11.6 Å². The fourth-order valence-electron chi connectivity index (χ4n) is 1.28. The summed E-state index contributed by atoms with van der Waals surface area (Å²) in [5.74, 6) is -1.18. The molecule has 0 aromatic heterocycles. The Labute approximate surface area is 105 Å². The smallest absolute Gasteiger partial charge is 0.337 e. The van der Waals surface area contributed by atoms with Crippen molar-refractivity contribution in [3.8, 4) is 0 Å². The molecule has 1 N–H and O–H groups in total. The number of carbonyl (C=O) groups is 2. The van der Waals surface area contributed by atoms with Gasteiger partial charge in [0, 0.05) is 0 Å². The summed E-state index contributed by atoms with van der Waals surface area (Å²) in [5, 5.41) is 1.29. The highest BCUT2D eigenvalue weighted by molar-refractivity contribution is 6.32. The molecule has 17 heavy (non-hydrogen) atoms. The molecule has 1 fully saturated rings. The summed E-state index contributed by atoms with van der Waals surface area (Å²) in [4.78, 5) is 23.0. The van der Waals surface area contributed by atoms with Gasteiger partial charge in [-0.05, 0) is 20.8 Å². The largest absolute Gasteiger partial charge is 0.464 e. The van der Waals surface area contributed by atoms with E-state index in [1.54, 1.807) is 20.8 Å². The van der Waals surface area contributed by atoms with E-state index in [1.165, 1.54) is 0 Å². The first-order chi connectivity index (χ1) is 7.95. The Morgan fingerprint density at radius 3 is 2.76 bits per heavy atom. The van der Waals surface area contributed by atoms with Crippen molar-refractivity contribution in [2.75, 3.05) is 6.61 Å². The van der Waals surface area contributed by atoms with E-state index in [4.69, 9.17) is 25.8 Å². The summed E-state index contributed by atoms with van der Waals surface area (Å²) >= 11 is 5.77. The van der Waals surface area contributed by atoms with Crippen LogP contribution in [0.5, 0.6) is 0 Å². The van der Waals surface area contributed by atoms with Gasteiger partial charge in [0.05, 0.1) is 12.7 Å². The molecule has 6 nitrogen and oxygen atoms in total. The SMILES string of the molecule is CCOC(=O)[C@@H]1O[C@@H](OC(C)C)NC(=O)[C@H]1Cl. The van der Waals surface area contributed by atoms with Crippen LogP contribution in [0.25, 0.3) is 0 Å². The fourth-order valence-corrected chi connectivity index (χ4v) is 1.51. The van der Waals surface area contributed by atoms with Crippen LogP contribution in [0.3, 0.4) is 0 Å². The molecule has 1 aliphatic rings. The van der Waals surface area contributed by atoms with Crippen LogP contribution < -0.4 is 5.32 Å². The standard InChI is InChI=1S/C10H16ClNO5/c1-4-15-9(14)7-6(11)8(13)12-10(17-7)16-5(2)3/h5-7,10H,4H2,1-3H3,(H,12,13)/t6-,7+,10+/m0/s1. The van der Waals surface area contributed by atoms with Crippen LogP contribution in [0.1, 0.15) is 20.8 Å². The lowest BCUT2D eigenvalue weighted by atomic mass is 10.2. The number of esters is 1. The third kappa shape index (κ3) is 3.83. The zero-order valence-electron chi connectivity index (χ0n) is 9.94. The van der Waals surface area contributed by atoms with Gasteiger partial charge in [-0.3, -0.25) is 4.79 Å². The molecule has 1 aliphatic heterocycles. The van der Waals surface area contributed by atoms with Gasteiger partial charge in [0.1, 0.15) is 5.38 Å². The lowest BCUT2D eigenvalue weighted by Crippen LogP contribution is -2.57. The van der Waals surface area contributed by atoms with Gasteiger partial charge in [-0.15, -0.1) is 11.6 Å². The molecule has 7 heteroatoms. The Bertz CT molecular complexity index is 296. The second-order valence-corrected chi connectivity index (χ2v) is 4.21. The van der Waals surface area contributed by atoms with Crippen molar-refractivity contribution in [1.82, 2.24) is 5.32 Å². The van der Waals surface area contributed by atoms with Gasteiger partial charge in [0.2, 0.25) is 12.3 Å². The molecule has 1 rings (SSSR count). The molecule has 0 radical (unpaired) electrons. The van der Waals surface area contributed by atoms with Crippen LogP contribution in [-0.4, -0.2) is 42.5 Å². The number of halogens is 1. The van der Waals surface area contributed by atoms with Crippen LogP contribution in [0, 0.1) is 0 Å². The Kier molecular flexibility index (Phi) is 5.17. The zero-order chi connectivity index (χ0) is 13.0. The molecule has 1 saturated heterocycles. The Morgan fingerprint density at radius 2 is 2.24 bits per heavy atom. The van der Waals surface area contributed by atoms with Gasteiger partial charge >= 0.3 is 5.97 Å². The highest BCUT2D eigenvalue weighted by Crippen LogP contribution is 2.17. The number of rotatable bonds is 4. The molecule has 0 aromatic rings. The van der Waals surface area contributed by atoms with Crippen LogP contribution in [0.4, 0.5) is 0 Å². The maximum Gasteiger partial charge on any atom is 0.337 e. The highest BCUT2D eigenvalue weighted by Gasteiger charge is 2.42. The normalized spacial score (nSPS) is 29.0. The summed E-state index contributed by atoms with van der Waals surface area (Å²) in [6.07, 6.45) is -2.28. The Morgan fingerprint density at radius 1 is 1.59 bits per heavy atom. The molecular formula is C10H16ClNO5. The summed E-state index contributed by atoms with van der Waals surface area (Å²) in [6, 6.07) is 0. The summed E-state index contributed by atoms with van der Waals surface area (Å²) in [5.41, 5.74) is 0. The number of alkyl halides is 1. The number of hydrogen-bond acceptors (Lipinski definition) is 5. The summed E-state index contributed by atoms with van der Waals surface area (Å²) in [7, 11) is 0. The molecule has 1 amide bonds. The van der Waals surface area contributed by atoms with Crippen molar-refractivity contribution in [1.29, 1.82) is 0 Å². The first-order valence-corrected chi connectivity index (χ1v) is 5.81. The molecule has 0 unspecified atom stereocenters. The second kappa shape index (κ2) is 6.18. The average Bonchev–Trinajstić information content (AvgIpc) is 2.22. The quantitative estimate of drug-likeness (QED) is 0.588. The first-order valence-electron chi connectivity index (χ1n) is 5.37. The predicted octanol–water partition coefficient (Wildman–Crippen LogP) is 0.380. The van der Waals surface area contributed by atoms with E-state index >= 15 is 0 Å². The molecule has 0 spiro atoms. The van der Waals surface area contributed by atoms with Gasteiger partial charge in [-0.1, -0.05) is 0 Å². The van der Waals surface area contributed by atoms with Gasteiger partial charge in [0.15, 0.2) is 6.10 Å². The van der Waals surface area contributed by atoms with E-state index in [1.807, 2.05) is 0 Å². The third-order valence-electron chi connectivity index (χ3n) is 1.96. The van der Waals surface area contributed by atoms with Crippen molar-refractivity contribution in [2.45, 2.75) is 44.8 Å². The lowest BCUT2D eigenvalue weighted by Gasteiger charge is -2.32. The van der Waals surface area contributed by atoms with E-state index < -0.39 is 29.8 Å². The molecule has 3 atom stereocenters. The van der Waals surface area contributed by atoms with E-state index in [-0.39, 0.29) is 12.7 Å². The minimum absolute atomic E-state index is 0.157. The molecule has 98 valence electrons. The maximum absolute atomic E-state index is 11.5. The van der Waals surface area contributed by atoms with Gasteiger partial charge in [-0.2, -0.15) is 0 Å². The number of ether oxygens (including phenoxy) is 3. The molecule has 0 bridgehead atoms. The monoisotopic (exact) mass is 265 g/mol. The Balaban J connectivity index is 2.67.